The number of amides is 1. The van der Waals surface area contributed by atoms with Crippen molar-refractivity contribution in [2.45, 2.75) is 58.3 Å². The van der Waals surface area contributed by atoms with Crippen LogP contribution in [0.3, 0.4) is 0 Å². The smallest absolute Gasteiger partial charge is 0.217 e. The van der Waals surface area contributed by atoms with Crippen molar-refractivity contribution in [1.82, 2.24) is 10.2 Å². The number of rotatable bonds is 5. The van der Waals surface area contributed by atoms with Gasteiger partial charge in [-0.1, -0.05) is 26.2 Å². The van der Waals surface area contributed by atoms with Crippen LogP contribution in [-0.4, -0.2) is 43.4 Å². The molecule has 132 valence electrons. The zero-order chi connectivity index (χ0) is 16.7. The maximum absolute atomic E-state index is 11.2. The fourth-order valence-corrected chi connectivity index (χ4v) is 4.12. The molecule has 0 spiro atoms. The van der Waals surface area contributed by atoms with E-state index in [1.165, 1.54) is 32.1 Å². The minimum Gasteiger partial charge on any atom is -0.370 e. The van der Waals surface area contributed by atoms with E-state index < -0.39 is 0 Å². The predicted molar refractivity (Wildman–Crippen MR) is 95.2 cm³/mol. The Hall–Kier alpha value is -1.26. The maximum atomic E-state index is 11.2. The number of hydrogen-bond donors (Lipinski definition) is 2. The normalized spacial score (nSPS) is 29.4. The third-order valence-corrected chi connectivity index (χ3v) is 5.61. The summed E-state index contributed by atoms with van der Waals surface area (Å²) in [5.41, 5.74) is 5.35. The first kappa shape index (κ1) is 18.1. The van der Waals surface area contributed by atoms with Gasteiger partial charge in [-0.2, -0.15) is 0 Å². The predicted octanol–water partition coefficient (Wildman–Crippen LogP) is 2.37. The SMILES string of the molecule is CCC1CCC(CNC(=NC)N2CCCC(CC(N)=O)C2)CC1. The lowest BCUT2D eigenvalue weighted by molar-refractivity contribution is -0.119. The Morgan fingerprint density at radius 2 is 1.87 bits per heavy atom. The number of hydrogen-bond acceptors (Lipinski definition) is 2. The van der Waals surface area contributed by atoms with Crippen LogP contribution >= 0.6 is 0 Å². The van der Waals surface area contributed by atoms with Crippen LogP contribution in [0.1, 0.15) is 58.3 Å². The van der Waals surface area contributed by atoms with E-state index in [9.17, 15) is 4.79 Å². The van der Waals surface area contributed by atoms with Crippen molar-refractivity contribution in [1.29, 1.82) is 0 Å². The zero-order valence-electron chi connectivity index (χ0n) is 14.9. The molecule has 1 aliphatic carbocycles. The molecular formula is C18H34N4O. The molecule has 0 aromatic carbocycles. The molecule has 0 aromatic heterocycles. The molecule has 3 N–H and O–H groups in total. The Bertz CT molecular complexity index is 402. The van der Waals surface area contributed by atoms with Crippen molar-refractivity contribution in [3.05, 3.63) is 0 Å². The molecule has 1 heterocycles. The van der Waals surface area contributed by atoms with Gasteiger partial charge in [0.2, 0.25) is 5.91 Å². The van der Waals surface area contributed by atoms with Crippen molar-refractivity contribution < 1.29 is 4.79 Å². The summed E-state index contributed by atoms with van der Waals surface area (Å²) in [5, 5.41) is 3.58. The van der Waals surface area contributed by atoms with Gasteiger partial charge in [-0.05, 0) is 43.4 Å². The van der Waals surface area contributed by atoms with E-state index in [1.54, 1.807) is 0 Å². The summed E-state index contributed by atoms with van der Waals surface area (Å²) in [4.78, 5) is 17.9. The molecule has 0 radical (unpaired) electrons. The van der Waals surface area contributed by atoms with Crippen molar-refractivity contribution in [3.63, 3.8) is 0 Å². The van der Waals surface area contributed by atoms with E-state index in [4.69, 9.17) is 5.73 Å². The van der Waals surface area contributed by atoms with E-state index in [0.717, 1.165) is 50.3 Å². The van der Waals surface area contributed by atoms with Gasteiger partial charge in [0, 0.05) is 33.1 Å². The highest BCUT2D eigenvalue weighted by Crippen LogP contribution is 2.30. The van der Waals surface area contributed by atoms with Gasteiger partial charge in [0.15, 0.2) is 5.96 Å². The third-order valence-electron chi connectivity index (χ3n) is 5.61. The highest BCUT2D eigenvalue weighted by atomic mass is 16.1. The molecule has 2 rings (SSSR count). The fourth-order valence-electron chi connectivity index (χ4n) is 4.12. The molecule has 1 amide bonds. The summed E-state index contributed by atoms with van der Waals surface area (Å²) in [6.45, 7) is 5.26. The molecule has 5 heteroatoms. The number of aliphatic imine (C=N–C) groups is 1. The lowest BCUT2D eigenvalue weighted by Crippen LogP contribution is -2.48. The molecule has 0 bridgehead atoms. The number of piperidine rings is 1. The number of nitrogens with one attached hydrogen (secondary N) is 1. The molecule has 2 fully saturated rings. The van der Waals surface area contributed by atoms with Gasteiger partial charge in [0.1, 0.15) is 0 Å². The highest BCUT2D eigenvalue weighted by Gasteiger charge is 2.25. The monoisotopic (exact) mass is 322 g/mol. The van der Waals surface area contributed by atoms with Crippen LogP contribution in [0, 0.1) is 17.8 Å². The molecular weight excluding hydrogens is 288 g/mol. The topological polar surface area (TPSA) is 70.7 Å². The van der Waals surface area contributed by atoms with Gasteiger partial charge in [-0.15, -0.1) is 0 Å². The number of carbonyl (C=O) groups is 1. The number of carbonyl (C=O) groups excluding carboxylic acids is 1. The lowest BCUT2D eigenvalue weighted by Gasteiger charge is -2.35. The van der Waals surface area contributed by atoms with Crippen LogP contribution in [0.4, 0.5) is 0 Å². The average Bonchev–Trinajstić information content (AvgIpc) is 2.56. The standard InChI is InChI=1S/C18H34N4O/c1-3-14-6-8-15(9-7-14)12-21-18(20-2)22-10-4-5-16(13-22)11-17(19)23/h14-16H,3-13H2,1-2H3,(H2,19,23)(H,20,21). The second kappa shape index (κ2) is 9.14. The number of nitrogens with zero attached hydrogens (tertiary/aromatic N) is 2. The summed E-state index contributed by atoms with van der Waals surface area (Å²) in [7, 11) is 1.86. The van der Waals surface area contributed by atoms with Crippen molar-refractivity contribution in [3.8, 4) is 0 Å². The zero-order valence-corrected chi connectivity index (χ0v) is 14.9. The Labute approximate surface area is 141 Å². The van der Waals surface area contributed by atoms with E-state index in [2.05, 4.69) is 22.1 Å². The first-order valence-corrected chi connectivity index (χ1v) is 9.36. The quantitative estimate of drug-likeness (QED) is 0.603. The van der Waals surface area contributed by atoms with Crippen molar-refractivity contribution in [2.24, 2.45) is 28.5 Å². The third kappa shape index (κ3) is 5.70. The van der Waals surface area contributed by atoms with E-state index in [1.807, 2.05) is 7.05 Å². The number of nitrogens with two attached hydrogens (primary N) is 1. The van der Waals surface area contributed by atoms with Crippen molar-refractivity contribution >= 4 is 11.9 Å². The van der Waals surface area contributed by atoms with Crippen LogP contribution in [0.5, 0.6) is 0 Å². The summed E-state index contributed by atoms with van der Waals surface area (Å²) in [6.07, 6.45) is 9.47. The number of likely N-dealkylation sites (tertiary alicyclic amines) is 1. The summed E-state index contributed by atoms with van der Waals surface area (Å²) >= 11 is 0. The second-order valence-corrected chi connectivity index (χ2v) is 7.35. The van der Waals surface area contributed by atoms with Gasteiger partial charge >= 0.3 is 0 Å². The molecule has 1 aliphatic heterocycles. The first-order valence-electron chi connectivity index (χ1n) is 9.36. The van der Waals surface area contributed by atoms with Crippen LogP contribution < -0.4 is 11.1 Å². The minimum atomic E-state index is -0.188. The number of guanidine groups is 1. The van der Waals surface area contributed by atoms with Crippen LogP contribution in [0.2, 0.25) is 0 Å². The molecule has 1 unspecified atom stereocenters. The van der Waals surface area contributed by atoms with Crippen LogP contribution in [-0.2, 0) is 4.79 Å². The van der Waals surface area contributed by atoms with Crippen LogP contribution in [0.15, 0.2) is 4.99 Å². The highest BCUT2D eigenvalue weighted by molar-refractivity contribution is 5.80. The summed E-state index contributed by atoms with van der Waals surface area (Å²) in [5.74, 6) is 2.91. The van der Waals surface area contributed by atoms with Gasteiger partial charge < -0.3 is 16.0 Å². The minimum absolute atomic E-state index is 0.188. The molecule has 2 aliphatic rings. The van der Waals surface area contributed by atoms with Crippen LogP contribution in [0.25, 0.3) is 0 Å². The van der Waals surface area contributed by atoms with Gasteiger partial charge in [0.05, 0.1) is 0 Å². The second-order valence-electron chi connectivity index (χ2n) is 7.35. The Morgan fingerprint density at radius 3 is 2.48 bits per heavy atom. The fraction of sp³-hybridized carbons (Fsp3) is 0.889. The van der Waals surface area contributed by atoms with E-state index in [0.29, 0.717) is 12.3 Å². The number of primary amides is 1. The van der Waals surface area contributed by atoms with Crippen molar-refractivity contribution in [2.75, 3.05) is 26.7 Å². The summed E-state index contributed by atoms with van der Waals surface area (Å²) in [6, 6.07) is 0. The molecule has 1 atom stereocenters. The van der Waals surface area contributed by atoms with Gasteiger partial charge in [0.25, 0.3) is 0 Å². The molecule has 1 saturated carbocycles. The summed E-state index contributed by atoms with van der Waals surface area (Å²) < 4.78 is 0. The average molecular weight is 322 g/mol. The first-order chi connectivity index (χ1) is 11.1. The maximum Gasteiger partial charge on any atom is 0.217 e. The molecule has 5 nitrogen and oxygen atoms in total. The van der Waals surface area contributed by atoms with Gasteiger partial charge in [-0.25, -0.2) is 0 Å². The molecule has 1 saturated heterocycles. The largest absolute Gasteiger partial charge is 0.370 e. The van der Waals surface area contributed by atoms with E-state index in [-0.39, 0.29) is 5.91 Å². The lowest BCUT2D eigenvalue weighted by atomic mass is 9.81. The van der Waals surface area contributed by atoms with E-state index >= 15 is 0 Å². The Kier molecular flexibility index (Phi) is 7.18. The Balaban J connectivity index is 1.77. The Morgan fingerprint density at radius 1 is 1.17 bits per heavy atom. The molecule has 0 aromatic rings. The molecule has 23 heavy (non-hydrogen) atoms. The van der Waals surface area contributed by atoms with Gasteiger partial charge in [-0.3, -0.25) is 9.79 Å².